The van der Waals surface area contributed by atoms with Crippen molar-refractivity contribution >= 4 is 17.5 Å². The van der Waals surface area contributed by atoms with Gasteiger partial charge in [0.05, 0.1) is 11.2 Å². The van der Waals surface area contributed by atoms with E-state index in [1.807, 2.05) is 33.8 Å². The number of nitrogens with one attached hydrogen (secondary N) is 2. The molecule has 152 valence electrons. The van der Waals surface area contributed by atoms with Crippen molar-refractivity contribution in [3.8, 4) is 0 Å². The van der Waals surface area contributed by atoms with Crippen LogP contribution in [0.2, 0.25) is 0 Å². The van der Waals surface area contributed by atoms with Gasteiger partial charge in [0, 0.05) is 36.3 Å². The Morgan fingerprint density at radius 2 is 1.79 bits per heavy atom. The van der Waals surface area contributed by atoms with E-state index in [0.29, 0.717) is 6.54 Å². The number of anilines is 2. The second-order valence-corrected chi connectivity index (χ2v) is 9.62. The molecular formula is C22H33N5O. The van der Waals surface area contributed by atoms with E-state index in [0.717, 1.165) is 30.2 Å². The quantitative estimate of drug-likeness (QED) is 0.811. The smallest absolute Gasteiger partial charge is 0.323 e. The Balaban J connectivity index is 1.69. The minimum Gasteiger partial charge on any atom is -0.380 e. The second-order valence-electron chi connectivity index (χ2n) is 9.62. The number of nitrogens with zero attached hydrogens (tertiary/aromatic N) is 3. The van der Waals surface area contributed by atoms with Gasteiger partial charge < -0.3 is 10.2 Å². The van der Waals surface area contributed by atoms with Gasteiger partial charge in [0.2, 0.25) is 0 Å². The lowest BCUT2D eigenvalue weighted by atomic mass is 9.92. The summed E-state index contributed by atoms with van der Waals surface area (Å²) in [5.74, 6) is 0.752. The number of urea groups is 1. The van der Waals surface area contributed by atoms with Crippen molar-refractivity contribution in [3.63, 3.8) is 0 Å². The predicted octanol–water partition coefficient (Wildman–Crippen LogP) is 4.65. The SMILES string of the molecule is CC(C)(C)c1cc(NC(=O)N2CCC(Nc3ccccc3)C2)n(C(C)(C)C)n1. The number of rotatable bonds is 3. The largest absolute Gasteiger partial charge is 0.380 e. The van der Waals surface area contributed by atoms with Gasteiger partial charge in [-0.1, -0.05) is 39.0 Å². The molecule has 28 heavy (non-hydrogen) atoms. The number of amides is 2. The molecule has 6 heteroatoms. The van der Waals surface area contributed by atoms with Gasteiger partial charge in [-0.25, -0.2) is 9.48 Å². The maximum Gasteiger partial charge on any atom is 0.323 e. The molecule has 0 bridgehead atoms. The highest BCUT2D eigenvalue weighted by molar-refractivity contribution is 5.88. The molecule has 2 aromatic rings. The Morgan fingerprint density at radius 1 is 1.11 bits per heavy atom. The summed E-state index contributed by atoms with van der Waals surface area (Å²) < 4.78 is 1.92. The second kappa shape index (κ2) is 7.49. The van der Waals surface area contributed by atoms with Crippen LogP contribution in [-0.4, -0.2) is 39.8 Å². The molecule has 1 aromatic heterocycles. The van der Waals surface area contributed by atoms with Crippen LogP contribution in [0.3, 0.4) is 0 Å². The maximum atomic E-state index is 12.9. The molecule has 0 radical (unpaired) electrons. The van der Waals surface area contributed by atoms with Crippen LogP contribution in [0.1, 0.15) is 53.7 Å². The van der Waals surface area contributed by atoms with Gasteiger partial charge in [0.15, 0.2) is 0 Å². The third kappa shape index (κ3) is 4.66. The highest BCUT2D eigenvalue weighted by Crippen LogP contribution is 2.28. The zero-order valence-electron chi connectivity index (χ0n) is 17.9. The van der Waals surface area contributed by atoms with Gasteiger partial charge >= 0.3 is 6.03 Å². The van der Waals surface area contributed by atoms with Crippen LogP contribution in [-0.2, 0) is 11.0 Å². The zero-order chi connectivity index (χ0) is 20.5. The van der Waals surface area contributed by atoms with Crippen molar-refractivity contribution in [2.75, 3.05) is 23.7 Å². The Morgan fingerprint density at radius 3 is 2.39 bits per heavy atom. The van der Waals surface area contributed by atoms with Crippen LogP contribution in [0.5, 0.6) is 0 Å². The lowest BCUT2D eigenvalue weighted by molar-refractivity contribution is 0.221. The standard InChI is InChI=1S/C22H33N5O/c1-21(2,3)18-14-19(27(25-18)22(4,5)6)24-20(28)26-13-12-17(15-26)23-16-10-8-7-9-11-16/h7-11,14,17,23H,12-13,15H2,1-6H3,(H,24,28). The van der Waals surface area contributed by atoms with Crippen LogP contribution in [0.25, 0.3) is 0 Å². The van der Waals surface area contributed by atoms with E-state index in [1.165, 1.54) is 0 Å². The highest BCUT2D eigenvalue weighted by Gasteiger charge is 2.29. The molecule has 1 aliphatic heterocycles. The maximum absolute atomic E-state index is 12.9. The summed E-state index contributed by atoms with van der Waals surface area (Å²) in [4.78, 5) is 14.8. The first-order valence-corrected chi connectivity index (χ1v) is 10.0. The molecule has 2 heterocycles. The van der Waals surface area contributed by atoms with Gasteiger partial charge in [-0.15, -0.1) is 0 Å². The van der Waals surface area contributed by atoms with E-state index in [2.05, 4.69) is 64.3 Å². The summed E-state index contributed by atoms with van der Waals surface area (Å²) in [6.45, 7) is 14.1. The number of hydrogen-bond donors (Lipinski definition) is 2. The van der Waals surface area contributed by atoms with E-state index >= 15 is 0 Å². The minimum atomic E-state index is -0.214. The van der Waals surface area contributed by atoms with Crippen LogP contribution in [0.4, 0.5) is 16.3 Å². The van der Waals surface area contributed by atoms with E-state index in [4.69, 9.17) is 5.10 Å². The number of carbonyl (C=O) groups is 1. The summed E-state index contributed by atoms with van der Waals surface area (Å²) >= 11 is 0. The van der Waals surface area contributed by atoms with Gasteiger partial charge in [-0.05, 0) is 39.3 Å². The third-order valence-corrected chi connectivity index (χ3v) is 4.97. The number of para-hydroxylation sites is 1. The third-order valence-electron chi connectivity index (χ3n) is 4.97. The van der Waals surface area contributed by atoms with Gasteiger partial charge in [-0.3, -0.25) is 5.32 Å². The van der Waals surface area contributed by atoms with Crippen molar-refractivity contribution in [1.29, 1.82) is 0 Å². The highest BCUT2D eigenvalue weighted by atomic mass is 16.2. The topological polar surface area (TPSA) is 62.2 Å². The Labute approximate surface area is 168 Å². The van der Waals surface area contributed by atoms with E-state index in [9.17, 15) is 4.79 Å². The fourth-order valence-electron chi connectivity index (χ4n) is 3.37. The van der Waals surface area contributed by atoms with Crippen molar-refractivity contribution in [2.24, 2.45) is 0 Å². The number of benzene rings is 1. The molecule has 2 N–H and O–H groups in total. The van der Waals surface area contributed by atoms with Crippen LogP contribution >= 0.6 is 0 Å². The molecule has 1 aliphatic rings. The Bertz CT molecular complexity index is 814. The Hall–Kier alpha value is -2.50. The molecule has 3 rings (SSSR count). The first-order valence-electron chi connectivity index (χ1n) is 10.0. The molecule has 1 saturated heterocycles. The monoisotopic (exact) mass is 383 g/mol. The van der Waals surface area contributed by atoms with E-state index < -0.39 is 0 Å². The zero-order valence-corrected chi connectivity index (χ0v) is 17.9. The average molecular weight is 384 g/mol. The molecule has 2 amide bonds. The summed E-state index contributed by atoms with van der Waals surface area (Å²) in [7, 11) is 0. The van der Waals surface area contributed by atoms with Crippen LogP contribution in [0.15, 0.2) is 36.4 Å². The number of hydrogen-bond acceptors (Lipinski definition) is 3. The summed E-state index contributed by atoms with van der Waals surface area (Å²) in [6.07, 6.45) is 0.939. The normalized spacial score (nSPS) is 17.6. The van der Waals surface area contributed by atoms with Crippen LogP contribution < -0.4 is 10.6 Å². The van der Waals surface area contributed by atoms with Crippen molar-refractivity contribution in [2.45, 2.75) is 65.0 Å². The van der Waals surface area contributed by atoms with Gasteiger partial charge in [-0.2, -0.15) is 5.10 Å². The molecule has 0 saturated carbocycles. The summed E-state index contributed by atoms with van der Waals surface area (Å²) in [5.41, 5.74) is 1.78. The van der Waals surface area contributed by atoms with Gasteiger partial charge in [0.25, 0.3) is 0 Å². The Kier molecular flexibility index (Phi) is 5.41. The minimum absolute atomic E-state index is 0.0665. The molecule has 1 atom stereocenters. The van der Waals surface area contributed by atoms with Crippen LogP contribution in [0, 0.1) is 0 Å². The lowest BCUT2D eigenvalue weighted by Gasteiger charge is -2.24. The van der Waals surface area contributed by atoms with Crippen molar-refractivity contribution in [3.05, 3.63) is 42.1 Å². The van der Waals surface area contributed by atoms with Gasteiger partial charge in [0.1, 0.15) is 5.82 Å². The average Bonchev–Trinajstić information content (AvgIpc) is 3.22. The lowest BCUT2D eigenvalue weighted by Crippen LogP contribution is -2.36. The first kappa shape index (κ1) is 20.2. The summed E-state index contributed by atoms with van der Waals surface area (Å²) in [5, 5.41) is 11.4. The fraction of sp³-hybridized carbons (Fsp3) is 0.545. The molecule has 1 fully saturated rings. The fourth-order valence-corrected chi connectivity index (χ4v) is 3.37. The molecule has 1 aromatic carbocycles. The number of aromatic nitrogens is 2. The first-order chi connectivity index (χ1) is 13.0. The van der Waals surface area contributed by atoms with Crippen molar-refractivity contribution in [1.82, 2.24) is 14.7 Å². The molecule has 6 nitrogen and oxygen atoms in total. The number of carbonyl (C=O) groups excluding carboxylic acids is 1. The summed E-state index contributed by atoms with van der Waals surface area (Å²) in [6, 6.07) is 12.3. The van der Waals surface area contributed by atoms with E-state index in [1.54, 1.807) is 0 Å². The molecule has 0 aliphatic carbocycles. The molecular weight excluding hydrogens is 350 g/mol. The molecule has 0 spiro atoms. The number of likely N-dealkylation sites (tertiary alicyclic amines) is 1. The van der Waals surface area contributed by atoms with Crippen molar-refractivity contribution < 1.29 is 4.79 Å². The predicted molar refractivity (Wildman–Crippen MR) is 115 cm³/mol. The van der Waals surface area contributed by atoms with E-state index in [-0.39, 0.29) is 23.0 Å². The molecule has 1 unspecified atom stereocenters.